The second kappa shape index (κ2) is 6.20. The summed E-state index contributed by atoms with van der Waals surface area (Å²) in [7, 11) is 0. The van der Waals surface area contributed by atoms with Crippen LogP contribution in [0.1, 0.15) is 54.7 Å². The van der Waals surface area contributed by atoms with Crippen LogP contribution in [0.25, 0.3) is 0 Å². The fourth-order valence-electron chi connectivity index (χ4n) is 2.38. The van der Waals surface area contributed by atoms with Gasteiger partial charge in [0.25, 0.3) is 0 Å². The Balaban J connectivity index is 2.23. The summed E-state index contributed by atoms with van der Waals surface area (Å²) in [4.78, 5) is 24.1. The maximum Gasteiger partial charge on any atom is 0.408 e. The maximum absolute atomic E-state index is 12.0. The van der Waals surface area contributed by atoms with Crippen LogP contribution in [0.5, 0.6) is 0 Å². The molecule has 0 saturated carbocycles. The van der Waals surface area contributed by atoms with Crippen LogP contribution in [0.2, 0.25) is 0 Å². The van der Waals surface area contributed by atoms with Gasteiger partial charge in [0.15, 0.2) is 0 Å². The van der Waals surface area contributed by atoms with E-state index in [2.05, 4.69) is 5.32 Å². The highest BCUT2D eigenvalue weighted by Gasteiger charge is 2.26. The minimum atomic E-state index is -0.928. The molecule has 1 heterocycles. The molecule has 2 N–H and O–H groups in total. The molecule has 120 valence electrons. The third kappa shape index (κ3) is 3.94. The second-order valence-corrected chi connectivity index (χ2v) is 7.48. The Morgan fingerprint density at radius 2 is 2.05 bits per heavy atom. The van der Waals surface area contributed by atoms with Crippen molar-refractivity contribution >= 4 is 23.8 Å². The molecule has 1 aromatic rings. The van der Waals surface area contributed by atoms with Gasteiger partial charge in [-0.05, 0) is 51.3 Å². The number of hydrogen-bond donors (Lipinski definition) is 2. The maximum atomic E-state index is 12.0. The molecule has 0 aromatic heterocycles. The number of carbonyl (C=O) groups is 2. The van der Waals surface area contributed by atoms with Crippen LogP contribution in [0.3, 0.4) is 0 Å². The molecule has 0 spiro atoms. The molecule has 1 aliphatic heterocycles. The number of carbonyl (C=O) groups excluding carboxylic acids is 1. The predicted molar refractivity (Wildman–Crippen MR) is 85.6 cm³/mol. The van der Waals surface area contributed by atoms with Crippen molar-refractivity contribution in [2.24, 2.45) is 0 Å². The zero-order valence-electron chi connectivity index (χ0n) is 13.2. The molecule has 0 fully saturated rings. The van der Waals surface area contributed by atoms with Gasteiger partial charge in [0.1, 0.15) is 5.60 Å². The second-order valence-electron chi connectivity index (χ2n) is 6.35. The van der Waals surface area contributed by atoms with Crippen LogP contribution in [0, 0.1) is 6.92 Å². The van der Waals surface area contributed by atoms with Gasteiger partial charge < -0.3 is 15.2 Å². The molecule has 1 atom stereocenters. The van der Waals surface area contributed by atoms with E-state index in [9.17, 15) is 14.7 Å². The number of thioether (sulfide) groups is 1. The Labute approximate surface area is 134 Å². The third-order valence-corrected chi connectivity index (χ3v) is 4.42. The van der Waals surface area contributed by atoms with Crippen molar-refractivity contribution in [2.75, 3.05) is 5.75 Å². The number of carboxylic acid groups (broad SMARTS) is 1. The number of aromatic carboxylic acids is 1. The Morgan fingerprint density at radius 3 is 2.64 bits per heavy atom. The van der Waals surface area contributed by atoms with Gasteiger partial charge >= 0.3 is 12.1 Å². The quantitative estimate of drug-likeness (QED) is 0.867. The number of ether oxygens (including phenoxy) is 1. The van der Waals surface area contributed by atoms with Crippen molar-refractivity contribution in [3.05, 3.63) is 28.8 Å². The smallest absolute Gasteiger partial charge is 0.408 e. The lowest BCUT2D eigenvalue weighted by molar-refractivity contribution is 0.0500. The molecule has 0 aliphatic carbocycles. The van der Waals surface area contributed by atoms with Crippen LogP contribution in [0.4, 0.5) is 4.79 Å². The lowest BCUT2D eigenvalue weighted by Gasteiger charge is -2.28. The summed E-state index contributed by atoms with van der Waals surface area (Å²) < 4.78 is 5.30. The molecule has 1 aliphatic rings. The standard InChI is InChI=1S/C16H21NO4S/c1-9-7-11-12(17-15(20)21-16(2,3)4)5-6-22-13(11)8-10(9)14(18)19/h7-8,12H,5-6H2,1-4H3,(H,17,20)(H,18,19). The third-order valence-electron chi connectivity index (χ3n) is 3.32. The summed E-state index contributed by atoms with van der Waals surface area (Å²) in [5, 5.41) is 12.1. The van der Waals surface area contributed by atoms with Crippen LogP contribution in [-0.4, -0.2) is 28.5 Å². The van der Waals surface area contributed by atoms with Crippen molar-refractivity contribution in [3.8, 4) is 0 Å². The lowest BCUT2D eigenvalue weighted by atomic mass is 9.98. The summed E-state index contributed by atoms with van der Waals surface area (Å²) in [6.07, 6.45) is 0.346. The van der Waals surface area contributed by atoms with Gasteiger partial charge in [-0.1, -0.05) is 6.07 Å². The highest BCUT2D eigenvalue weighted by Crippen LogP contribution is 2.38. The van der Waals surface area contributed by atoms with Gasteiger partial charge in [0.2, 0.25) is 0 Å². The Bertz CT molecular complexity index is 607. The molecule has 5 nitrogen and oxygen atoms in total. The highest BCUT2D eigenvalue weighted by atomic mass is 32.2. The number of benzene rings is 1. The normalized spacial score (nSPS) is 17.5. The molecular formula is C16H21NO4S. The van der Waals surface area contributed by atoms with Crippen LogP contribution in [0.15, 0.2) is 17.0 Å². The minimum absolute atomic E-state index is 0.146. The number of hydrogen-bond acceptors (Lipinski definition) is 4. The van der Waals surface area contributed by atoms with Gasteiger partial charge in [-0.15, -0.1) is 11.8 Å². The number of aryl methyl sites for hydroxylation is 1. The monoisotopic (exact) mass is 323 g/mol. The van der Waals surface area contributed by atoms with Crippen molar-refractivity contribution in [2.45, 2.75) is 50.7 Å². The van der Waals surface area contributed by atoms with E-state index in [-0.39, 0.29) is 6.04 Å². The van der Waals surface area contributed by atoms with Crippen molar-refractivity contribution < 1.29 is 19.4 Å². The number of amides is 1. The van der Waals surface area contributed by atoms with Gasteiger partial charge in [-0.25, -0.2) is 9.59 Å². The molecule has 2 rings (SSSR count). The van der Waals surface area contributed by atoms with E-state index in [0.717, 1.165) is 22.6 Å². The number of carboxylic acids is 1. The Morgan fingerprint density at radius 1 is 1.36 bits per heavy atom. The van der Waals surface area contributed by atoms with Crippen LogP contribution in [-0.2, 0) is 4.74 Å². The minimum Gasteiger partial charge on any atom is -0.478 e. The lowest BCUT2D eigenvalue weighted by Crippen LogP contribution is -2.36. The number of nitrogens with one attached hydrogen (secondary N) is 1. The fraction of sp³-hybridized carbons (Fsp3) is 0.500. The first kappa shape index (κ1) is 16.7. The summed E-state index contributed by atoms with van der Waals surface area (Å²) >= 11 is 1.62. The number of rotatable bonds is 2. The first-order valence-electron chi connectivity index (χ1n) is 7.17. The number of fused-ring (bicyclic) bond motifs is 1. The Kier molecular flexibility index (Phi) is 4.70. The van der Waals surface area contributed by atoms with Gasteiger partial charge in [0, 0.05) is 10.6 Å². The topological polar surface area (TPSA) is 75.6 Å². The summed E-state index contributed by atoms with van der Waals surface area (Å²) in [6, 6.07) is 3.40. The average Bonchev–Trinajstić information content (AvgIpc) is 2.36. The van der Waals surface area contributed by atoms with E-state index in [1.165, 1.54) is 0 Å². The first-order chi connectivity index (χ1) is 10.2. The van der Waals surface area contributed by atoms with E-state index in [4.69, 9.17) is 4.74 Å². The molecule has 1 amide bonds. The Hall–Kier alpha value is -1.69. The van der Waals surface area contributed by atoms with Crippen LogP contribution < -0.4 is 5.32 Å². The summed E-state index contributed by atoms with van der Waals surface area (Å²) in [6.45, 7) is 7.23. The number of alkyl carbamates (subject to hydrolysis) is 1. The van der Waals surface area contributed by atoms with Gasteiger partial charge in [0.05, 0.1) is 11.6 Å². The molecule has 0 bridgehead atoms. The zero-order valence-corrected chi connectivity index (χ0v) is 14.0. The molecular weight excluding hydrogens is 302 g/mol. The van der Waals surface area contributed by atoms with Crippen LogP contribution >= 0.6 is 11.8 Å². The first-order valence-corrected chi connectivity index (χ1v) is 8.16. The average molecular weight is 323 g/mol. The molecule has 6 heteroatoms. The predicted octanol–water partition coefficient (Wildman–Crippen LogP) is 3.75. The van der Waals surface area contributed by atoms with Crippen molar-refractivity contribution in [3.63, 3.8) is 0 Å². The van der Waals surface area contributed by atoms with Crippen molar-refractivity contribution in [1.82, 2.24) is 5.32 Å². The van der Waals surface area contributed by atoms with Gasteiger partial charge in [-0.3, -0.25) is 0 Å². The van der Waals surface area contributed by atoms with E-state index < -0.39 is 17.7 Å². The SMILES string of the molecule is Cc1cc2c(cc1C(=O)O)SCCC2NC(=O)OC(C)(C)C. The molecule has 1 aromatic carbocycles. The highest BCUT2D eigenvalue weighted by molar-refractivity contribution is 7.99. The van der Waals surface area contributed by atoms with Crippen molar-refractivity contribution in [1.29, 1.82) is 0 Å². The molecule has 0 radical (unpaired) electrons. The van der Waals surface area contributed by atoms with Gasteiger partial charge in [-0.2, -0.15) is 0 Å². The van der Waals surface area contributed by atoms with E-state index in [1.54, 1.807) is 24.8 Å². The summed E-state index contributed by atoms with van der Waals surface area (Å²) in [5.74, 6) is -0.0987. The van der Waals surface area contributed by atoms with E-state index in [0.29, 0.717) is 11.1 Å². The molecule has 0 saturated heterocycles. The fourth-order valence-corrected chi connectivity index (χ4v) is 3.52. The largest absolute Gasteiger partial charge is 0.478 e. The zero-order chi connectivity index (χ0) is 16.5. The van der Waals surface area contributed by atoms with E-state index >= 15 is 0 Å². The summed E-state index contributed by atoms with van der Waals surface area (Å²) in [5.41, 5.74) is 1.43. The van der Waals surface area contributed by atoms with E-state index in [1.807, 2.05) is 26.8 Å². The molecule has 1 unspecified atom stereocenters. The molecule has 22 heavy (non-hydrogen) atoms.